The monoisotopic (exact) mass is 354 g/mol. The predicted octanol–water partition coefficient (Wildman–Crippen LogP) is 3.75. The summed E-state index contributed by atoms with van der Waals surface area (Å²) in [6, 6.07) is 8.02. The van der Waals surface area contributed by atoms with Crippen molar-refractivity contribution in [3.05, 3.63) is 58.4 Å². The Hall–Kier alpha value is -2.56. The van der Waals surface area contributed by atoms with E-state index < -0.39 is 6.29 Å². The van der Waals surface area contributed by atoms with Gasteiger partial charge in [-0.3, -0.25) is 0 Å². The van der Waals surface area contributed by atoms with Crippen molar-refractivity contribution in [1.29, 1.82) is 0 Å². The van der Waals surface area contributed by atoms with Gasteiger partial charge < -0.3 is 14.2 Å². The summed E-state index contributed by atoms with van der Waals surface area (Å²) in [7, 11) is 0. The largest absolute Gasteiger partial charge is 0.458 e. The number of carbonyl (C=O) groups excluding carboxylic acids is 2. The van der Waals surface area contributed by atoms with Crippen LogP contribution in [0, 0.1) is 5.92 Å². The van der Waals surface area contributed by atoms with E-state index in [2.05, 4.69) is 13.0 Å². The summed E-state index contributed by atoms with van der Waals surface area (Å²) >= 11 is 0. The molecule has 1 saturated heterocycles. The molecule has 1 aromatic rings. The van der Waals surface area contributed by atoms with Crippen molar-refractivity contribution in [2.24, 2.45) is 5.92 Å². The van der Waals surface area contributed by atoms with Gasteiger partial charge >= 0.3 is 11.9 Å². The predicted molar refractivity (Wildman–Crippen MR) is 93.7 cm³/mol. The van der Waals surface area contributed by atoms with Crippen LogP contribution in [0.2, 0.25) is 0 Å². The van der Waals surface area contributed by atoms with Crippen LogP contribution in [0.1, 0.15) is 50.3 Å². The minimum atomic E-state index is -0.739. The van der Waals surface area contributed by atoms with Crippen LogP contribution in [0.4, 0.5) is 0 Å². The first-order valence-corrected chi connectivity index (χ1v) is 9.15. The van der Waals surface area contributed by atoms with E-state index in [9.17, 15) is 9.59 Å². The number of esters is 2. The van der Waals surface area contributed by atoms with Crippen molar-refractivity contribution in [2.75, 3.05) is 0 Å². The first kappa shape index (κ1) is 16.9. The Kier molecular flexibility index (Phi) is 4.31. The lowest BCUT2D eigenvalue weighted by Crippen LogP contribution is -2.15. The van der Waals surface area contributed by atoms with Crippen LogP contribution in [0.15, 0.2) is 47.2 Å². The van der Waals surface area contributed by atoms with Gasteiger partial charge in [0.2, 0.25) is 0 Å². The molecule has 0 amide bonds. The molecule has 0 saturated carbocycles. The van der Waals surface area contributed by atoms with Crippen molar-refractivity contribution in [1.82, 2.24) is 0 Å². The number of carbonyl (C=O) groups is 2. The molecule has 1 unspecified atom stereocenters. The zero-order valence-corrected chi connectivity index (χ0v) is 15.0. The average molecular weight is 354 g/mol. The van der Waals surface area contributed by atoms with E-state index in [0.29, 0.717) is 11.1 Å². The number of hydrogen-bond donors (Lipinski definition) is 0. The van der Waals surface area contributed by atoms with E-state index in [4.69, 9.17) is 14.2 Å². The first-order valence-electron chi connectivity index (χ1n) is 9.15. The third kappa shape index (κ3) is 2.71. The van der Waals surface area contributed by atoms with Gasteiger partial charge in [0.1, 0.15) is 6.10 Å². The highest BCUT2D eigenvalue weighted by Gasteiger charge is 2.46. The maximum atomic E-state index is 12.3. The fourth-order valence-electron chi connectivity index (χ4n) is 3.93. The fraction of sp³-hybridized carbons (Fsp3) is 0.429. The Morgan fingerprint density at radius 1 is 1.19 bits per heavy atom. The molecular formula is C21H22O5. The third-order valence-corrected chi connectivity index (χ3v) is 5.44. The van der Waals surface area contributed by atoms with Crippen LogP contribution in [-0.2, 0) is 30.2 Å². The smallest absolute Gasteiger partial charge is 0.338 e. The zero-order chi connectivity index (χ0) is 18.3. The van der Waals surface area contributed by atoms with E-state index >= 15 is 0 Å². The molecule has 136 valence electrons. The Bertz CT molecular complexity index is 819. The average Bonchev–Trinajstić information content (AvgIpc) is 3.22. The van der Waals surface area contributed by atoms with Gasteiger partial charge in [0.15, 0.2) is 0 Å². The number of rotatable bonds is 5. The molecule has 5 nitrogen and oxygen atoms in total. The van der Waals surface area contributed by atoms with Crippen LogP contribution in [-0.4, -0.2) is 18.2 Å². The summed E-state index contributed by atoms with van der Waals surface area (Å²) in [5.74, 6) is -0.740. The van der Waals surface area contributed by atoms with E-state index in [1.165, 1.54) is 11.8 Å². The summed E-state index contributed by atoms with van der Waals surface area (Å²) in [5.41, 5.74) is 4.27. The molecule has 0 spiro atoms. The van der Waals surface area contributed by atoms with Crippen molar-refractivity contribution in [3.8, 4) is 0 Å². The molecule has 1 fully saturated rings. The van der Waals surface area contributed by atoms with Gasteiger partial charge in [-0.25, -0.2) is 9.59 Å². The molecule has 4 rings (SSSR count). The fourth-order valence-corrected chi connectivity index (χ4v) is 3.93. The summed E-state index contributed by atoms with van der Waals surface area (Å²) in [6.45, 7) is 3.86. The Balaban J connectivity index is 1.53. The maximum absolute atomic E-state index is 12.3. The molecule has 0 N–H and O–H groups in total. The number of cyclic esters (lactones) is 1. The van der Waals surface area contributed by atoms with Crippen LogP contribution in [0.25, 0.3) is 0 Å². The maximum Gasteiger partial charge on any atom is 0.338 e. The molecule has 0 aromatic heterocycles. The van der Waals surface area contributed by atoms with Gasteiger partial charge in [0, 0.05) is 17.1 Å². The normalized spacial score (nSPS) is 28.2. The lowest BCUT2D eigenvalue weighted by molar-refractivity contribution is -0.153. The molecule has 1 aliphatic carbocycles. The first-order chi connectivity index (χ1) is 12.6. The van der Waals surface area contributed by atoms with E-state index in [0.717, 1.165) is 36.8 Å². The minimum absolute atomic E-state index is 0.0406. The van der Waals surface area contributed by atoms with Gasteiger partial charge in [0.05, 0.1) is 11.8 Å². The van der Waals surface area contributed by atoms with E-state index in [1.54, 1.807) is 6.92 Å². The van der Waals surface area contributed by atoms with Gasteiger partial charge in [-0.05, 0) is 37.3 Å². The Labute approximate surface area is 152 Å². The number of ether oxygens (including phenoxy) is 3. The molecule has 2 aliphatic heterocycles. The molecule has 26 heavy (non-hydrogen) atoms. The molecular weight excluding hydrogens is 332 g/mol. The highest BCUT2D eigenvalue weighted by atomic mass is 16.7. The number of unbranched alkanes of at least 4 members (excludes halogenated alkanes) is 1. The number of hydrogen-bond acceptors (Lipinski definition) is 5. The van der Waals surface area contributed by atoms with Crippen LogP contribution in [0.3, 0.4) is 0 Å². The van der Waals surface area contributed by atoms with E-state index in [-0.39, 0.29) is 24.0 Å². The topological polar surface area (TPSA) is 61.8 Å². The van der Waals surface area contributed by atoms with Crippen LogP contribution in [0.5, 0.6) is 0 Å². The van der Waals surface area contributed by atoms with Crippen molar-refractivity contribution in [2.45, 2.75) is 51.9 Å². The summed E-state index contributed by atoms with van der Waals surface area (Å²) in [6.07, 6.45) is 3.96. The van der Waals surface area contributed by atoms with E-state index in [1.807, 2.05) is 18.2 Å². The lowest BCUT2D eigenvalue weighted by Gasteiger charge is -2.14. The molecule has 0 bridgehead atoms. The van der Waals surface area contributed by atoms with Gasteiger partial charge in [-0.15, -0.1) is 0 Å². The van der Waals surface area contributed by atoms with Crippen LogP contribution < -0.4 is 0 Å². The SMILES string of the molecule is CCCCC1=C(C)C(=O)OC1O/C=C1/C(=O)O[C@@H]2c3ccccc3C[C@H]12. The van der Waals surface area contributed by atoms with Gasteiger partial charge in [0.25, 0.3) is 6.29 Å². The zero-order valence-electron chi connectivity index (χ0n) is 15.0. The minimum Gasteiger partial charge on any atom is -0.458 e. The molecule has 5 heteroatoms. The molecule has 3 atom stereocenters. The summed E-state index contributed by atoms with van der Waals surface area (Å²) < 4.78 is 16.6. The lowest BCUT2D eigenvalue weighted by atomic mass is 9.98. The van der Waals surface area contributed by atoms with Gasteiger partial charge in [-0.1, -0.05) is 37.6 Å². The Morgan fingerprint density at radius 3 is 2.81 bits per heavy atom. The van der Waals surface area contributed by atoms with Crippen molar-refractivity contribution < 1.29 is 23.8 Å². The summed E-state index contributed by atoms with van der Waals surface area (Å²) in [4.78, 5) is 24.2. The van der Waals surface area contributed by atoms with Crippen molar-refractivity contribution in [3.63, 3.8) is 0 Å². The molecule has 1 aromatic carbocycles. The number of benzene rings is 1. The quantitative estimate of drug-likeness (QED) is 0.458. The second-order valence-electron chi connectivity index (χ2n) is 7.04. The second-order valence-corrected chi connectivity index (χ2v) is 7.04. The summed E-state index contributed by atoms with van der Waals surface area (Å²) in [5, 5.41) is 0. The third-order valence-electron chi connectivity index (χ3n) is 5.44. The standard InChI is InChI=1S/C21H22O5/c1-3-4-8-14-12(2)19(22)26-21(14)24-11-17-16-10-13-7-5-6-9-15(13)18(16)25-20(17)23/h5-7,9,11,16,18,21H,3-4,8,10H2,1-2H3/b17-11+/t16-,18-,21?/m1/s1. The molecule has 0 radical (unpaired) electrons. The molecule has 2 heterocycles. The van der Waals surface area contributed by atoms with Gasteiger partial charge in [-0.2, -0.15) is 0 Å². The molecule has 3 aliphatic rings. The Morgan fingerprint density at radius 2 is 2.00 bits per heavy atom. The highest BCUT2D eigenvalue weighted by Crippen LogP contribution is 2.47. The van der Waals surface area contributed by atoms with Crippen LogP contribution >= 0.6 is 0 Å². The highest BCUT2D eigenvalue weighted by molar-refractivity contribution is 5.92. The second kappa shape index (κ2) is 6.63. The van der Waals surface area contributed by atoms with Crippen molar-refractivity contribution >= 4 is 11.9 Å². The number of fused-ring (bicyclic) bond motifs is 3.